The maximum atomic E-state index is 12.7. The van der Waals surface area contributed by atoms with E-state index in [1.54, 1.807) is 6.20 Å². The van der Waals surface area contributed by atoms with Crippen LogP contribution in [0.1, 0.15) is 28.8 Å². The van der Waals surface area contributed by atoms with E-state index in [-0.39, 0.29) is 12.0 Å². The summed E-state index contributed by atoms with van der Waals surface area (Å²) in [4.78, 5) is 23.5. The van der Waals surface area contributed by atoms with Gasteiger partial charge in [-0.25, -0.2) is 9.97 Å². The molecule has 2 heterocycles. The molecule has 1 aliphatic heterocycles. The van der Waals surface area contributed by atoms with E-state index in [9.17, 15) is 4.79 Å². The second kappa shape index (κ2) is 7.12. The number of aromatic nitrogens is 2. The number of piperidine rings is 1. The molecule has 1 aromatic heterocycles. The summed E-state index contributed by atoms with van der Waals surface area (Å²) in [5, 5.41) is 0. The number of para-hydroxylation sites is 2. The number of amides is 1. The summed E-state index contributed by atoms with van der Waals surface area (Å²) < 4.78 is 6.01. The number of likely N-dealkylation sites (tertiary alicyclic amines) is 1. The molecule has 132 valence electrons. The predicted molar refractivity (Wildman–Crippen MR) is 100 cm³/mol. The molecular formula is C21H21N3O2. The minimum absolute atomic E-state index is 0.0615. The van der Waals surface area contributed by atoms with Gasteiger partial charge in [0.15, 0.2) is 0 Å². The number of benzene rings is 2. The molecule has 3 aromatic rings. The third-order valence-corrected chi connectivity index (χ3v) is 4.82. The Bertz CT molecular complexity index is 933. The van der Waals surface area contributed by atoms with Crippen molar-refractivity contribution in [2.24, 2.45) is 0 Å². The Morgan fingerprint density at radius 2 is 1.73 bits per heavy atom. The molecule has 1 fully saturated rings. The minimum atomic E-state index is 0.0615. The SMILES string of the molecule is Cc1ccccc1C(=O)N1CCC(Oc2cnc3ccccc3n2)CC1. The summed E-state index contributed by atoms with van der Waals surface area (Å²) >= 11 is 0. The van der Waals surface area contributed by atoms with Gasteiger partial charge in [-0.1, -0.05) is 30.3 Å². The third-order valence-electron chi connectivity index (χ3n) is 4.82. The van der Waals surface area contributed by atoms with Gasteiger partial charge < -0.3 is 9.64 Å². The molecule has 5 heteroatoms. The van der Waals surface area contributed by atoms with Gasteiger partial charge in [-0.3, -0.25) is 4.79 Å². The Labute approximate surface area is 152 Å². The smallest absolute Gasteiger partial charge is 0.254 e. The lowest BCUT2D eigenvalue weighted by Gasteiger charge is -2.32. The fourth-order valence-corrected chi connectivity index (χ4v) is 3.33. The Hall–Kier alpha value is -2.95. The molecule has 0 radical (unpaired) electrons. The van der Waals surface area contributed by atoms with Gasteiger partial charge in [-0.15, -0.1) is 0 Å². The summed E-state index contributed by atoms with van der Waals surface area (Å²) in [6.07, 6.45) is 3.33. The molecule has 0 unspecified atom stereocenters. The molecule has 1 aliphatic rings. The molecule has 0 bridgehead atoms. The van der Waals surface area contributed by atoms with E-state index in [0.717, 1.165) is 35.0 Å². The van der Waals surface area contributed by atoms with E-state index >= 15 is 0 Å². The number of fused-ring (bicyclic) bond motifs is 1. The van der Waals surface area contributed by atoms with E-state index in [0.29, 0.717) is 19.0 Å². The number of hydrogen-bond acceptors (Lipinski definition) is 4. The highest BCUT2D eigenvalue weighted by molar-refractivity contribution is 5.95. The quantitative estimate of drug-likeness (QED) is 0.726. The number of carbonyl (C=O) groups is 1. The topological polar surface area (TPSA) is 55.3 Å². The number of carbonyl (C=O) groups excluding carboxylic acids is 1. The average molecular weight is 347 g/mol. The fourth-order valence-electron chi connectivity index (χ4n) is 3.33. The van der Waals surface area contributed by atoms with Crippen LogP contribution in [0.5, 0.6) is 5.88 Å². The van der Waals surface area contributed by atoms with Crippen molar-refractivity contribution < 1.29 is 9.53 Å². The van der Waals surface area contributed by atoms with Gasteiger partial charge in [0.05, 0.1) is 17.2 Å². The van der Waals surface area contributed by atoms with E-state index in [2.05, 4.69) is 9.97 Å². The molecule has 2 aromatic carbocycles. The number of ether oxygens (including phenoxy) is 1. The number of nitrogens with zero attached hydrogens (tertiary/aromatic N) is 3. The molecule has 0 spiro atoms. The lowest BCUT2D eigenvalue weighted by atomic mass is 10.0. The third kappa shape index (κ3) is 3.38. The Kier molecular flexibility index (Phi) is 4.52. The highest BCUT2D eigenvalue weighted by Crippen LogP contribution is 2.21. The zero-order chi connectivity index (χ0) is 17.9. The molecule has 26 heavy (non-hydrogen) atoms. The van der Waals surface area contributed by atoms with E-state index in [1.807, 2.05) is 60.4 Å². The summed E-state index contributed by atoms with van der Waals surface area (Å²) in [6.45, 7) is 3.36. The zero-order valence-electron chi connectivity index (χ0n) is 14.8. The van der Waals surface area contributed by atoms with Crippen LogP contribution in [0.3, 0.4) is 0 Å². The van der Waals surface area contributed by atoms with E-state index in [1.165, 1.54) is 0 Å². The lowest BCUT2D eigenvalue weighted by Crippen LogP contribution is -2.42. The van der Waals surface area contributed by atoms with Gasteiger partial charge in [0, 0.05) is 31.5 Å². The van der Waals surface area contributed by atoms with Crippen molar-refractivity contribution in [1.29, 1.82) is 0 Å². The first-order valence-electron chi connectivity index (χ1n) is 8.94. The molecule has 4 rings (SSSR count). The summed E-state index contributed by atoms with van der Waals surface area (Å²) in [5.74, 6) is 0.652. The first-order valence-corrected chi connectivity index (χ1v) is 8.94. The van der Waals surface area contributed by atoms with E-state index in [4.69, 9.17) is 4.74 Å². The van der Waals surface area contributed by atoms with Crippen LogP contribution < -0.4 is 4.74 Å². The molecule has 0 atom stereocenters. The van der Waals surface area contributed by atoms with Crippen molar-refractivity contribution in [3.63, 3.8) is 0 Å². The monoisotopic (exact) mass is 347 g/mol. The zero-order valence-corrected chi connectivity index (χ0v) is 14.8. The van der Waals surface area contributed by atoms with Gasteiger partial charge in [0.25, 0.3) is 5.91 Å². The standard InChI is InChI=1S/C21H21N3O2/c1-15-6-2-3-7-17(15)21(25)24-12-10-16(11-13-24)26-20-14-22-18-8-4-5-9-19(18)23-20/h2-9,14,16H,10-13H2,1H3. The maximum Gasteiger partial charge on any atom is 0.254 e. The predicted octanol–water partition coefficient (Wildman–Crippen LogP) is 3.62. The summed E-state index contributed by atoms with van der Waals surface area (Å²) in [6, 6.07) is 15.5. The second-order valence-corrected chi connectivity index (χ2v) is 6.62. The Morgan fingerprint density at radius 3 is 2.50 bits per heavy atom. The van der Waals surface area contributed by atoms with Crippen LogP contribution >= 0.6 is 0 Å². The average Bonchev–Trinajstić information content (AvgIpc) is 2.68. The van der Waals surface area contributed by atoms with Crippen LogP contribution in [0.4, 0.5) is 0 Å². The Morgan fingerprint density at radius 1 is 1.04 bits per heavy atom. The number of aryl methyl sites for hydroxylation is 1. The second-order valence-electron chi connectivity index (χ2n) is 6.62. The maximum absolute atomic E-state index is 12.7. The lowest BCUT2D eigenvalue weighted by molar-refractivity contribution is 0.0587. The first-order chi connectivity index (χ1) is 12.7. The van der Waals surface area contributed by atoms with Crippen molar-refractivity contribution in [2.75, 3.05) is 13.1 Å². The summed E-state index contributed by atoms with van der Waals surface area (Å²) in [5.41, 5.74) is 3.49. The van der Waals surface area contributed by atoms with Crippen LogP contribution in [0.25, 0.3) is 11.0 Å². The van der Waals surface area contributed by atoms with Crippen LogP contribution in [-0.2, 0) is 0 Å². The number of rotatable bonds is 3. The highest BCUT2D eigenvalue weighted by Gasteiger charge is 2.25. The van der Waals surface area contributed by atoms with Crippen LogP contribution in [0.15, 0.2) is 54.7 Å². The van der Waals surface area contributed by atoms with Gasteiger partial charge in [0.1, 0.15) is 6.10 Å². The molecule has 0 saturated carbocycles. The molecular weight excluding hydrogens is 326 g/mol. The summed E-state index contributed by atoms with van der Waals surface area (Å²) in [7, 11) is 0. The van der Waals surface area contributed by atoms with Gasteiger partial charge in [-0.05, 0) is 30.7 Å². The van der Waals surface area contributed by atoms with Crippen LogP contribution in [-0.4, -0.2) is 40.0 Å². The highest BCUT2D eigenvalue weighted by atomic mass is 16.5. The largest absolute Gasteiger partial charge is 0.473 e. The van der Waals surface area contributed by atoms with Gasteiger partial charge in [-0.2, -0.15) is 0 Å². The molecule has 1 amide bonds. The molecule has 1 saturated heterocycles. The Balaban J connectivity index is 1.38. The number of hydrogen-bond donors (Lipinski definition) is 0. The van der Waals surface area contributed by atoms with Gasteiger partial charge >= 0.3 is 0 Å². The first kappa shape index (κ1) is 16.5. The van der Waals surface area contributed by atoms with Crippen LogP contribution in [0.2, 0.25) is 0 Å². The fraction of sp³-hybridized carbons (Fsp3) is 0.286. The van der Waals surface area contributed by atoms with Gasteiger partial charge in [0.2, 0.25) is 5.88 Å². The molecule has 5 nitrogen and oxygen atoms in total. The van der Waals surface area contributed by atoms with Crippen LogP contribution in [0, 0.1) is 6.92 Å². The molecule has 0 N–H and O–H groups in total. The van der Waals surface area contributed by atoms with Crippen molar-refractivity contribution in [3.05, 3.63) is 65.9 Å². The van der Waals surface area contributed by atoms with E-state index < -0.39 is 0 Å². The van der Waals surface area contributed by atoms with Crippen molar-refractivity contribution in [2.45, 2.75) is 25.9 Å². The van der Waals surface area contributed by atoms with Crippen molar-refractivity contribution >= 4 is 16.9 Å². The van der Waals surface area contributed by atoms with Crippen molar-refractivity contribution in [1.82, 2.24) is 14.9 Å². The van der Waals surface area contributed by atoms with Crippen molar-refractivity contribution in [3.8, 4) is 5.88 Å². The molecule has 0 aliphatic carbocycles. The normalized spacial score (nSPS) is 15.2. The minimum Gasteiger partial charge on any atom is -0.473 e.